The van der Waals surface area contributed by atoms with Crippen molar-refractivity contribution in [3.63, 3.8) is 0 Å². The van der Waals surface area contributed by atoms with Crippen molar-refractivity contribution in [3.8, 4) is 0 Å². The first-order valence-electron chi connectivity index (χ1n) is 6.43. The fourth-order valence-corrected chi connectivity index (χ4v) is 2.52. The lowest BCUT2D eigenvalue weighted by Gasteiger charge is -2.35. The van der Waals surface area contributed by atoms with Gasteiger partial charge in [-0.05, 0) is 19.8 Å². The molecule has 6 nitrogen and oxygen atoms in total. The molecular weight excluding hydrogens is 230 g/mol. The maximum atomic E-state index is 12.4. The van der Waals surface area contributed by atoms with E-state index in [1.165, 1.54) is 6.42 Å². The summed E-state index contributed by atoms with van der Waals surface area (Å²) in [5, 5.41) is 6.81. The number of nitrogens with one attached hydrogen (secondary N) is 1. The van der Waals surface area contributed by atoms with E-state index >= 15 is 0 Å². The second-order valence-electron chi connectivity index (χ2n) is 5.22. The highest BCUT2D eigenvalue weighted by Gasteiger charge is 2.37. The molecule has 100 valence electrons. The van der Waals surface area contributed by atoms with Crippen LogP contribution < -0.4 is 5.73 Å². The number of aromatic amines is 1. The van der Waals surface area contributed by atoms with Gasteiger partial charge in [0.05, 0.1) is 12.1 Å². The Morgan fingerprint density at radius 2 is 2.11 bits per heavy atom. The summed E-state index contributed by atoms with van der Waals surface area (Å²) in [6.45, 7) is 2.24. The number of likely N-dealkylation sites (N-methyl/N-ethyl adjacent to an activating group) is 1. The fourth-order valence-electron chi connectivity index (χ4n) is 2.52. The molecule has 0 radical (unpaired) electrons. The fraction of sp³-hybridized carbons (Fsp3) is 0.750. The Balaban J connectivity index is 1.99. The van der Waals surface area contributed by atoms with Crippen LogP contribution in [-0.4, -0.2) is 38.6 Å². The van der Waals surface area contributed by atoms with Crippen LogP contribution in [-0.2, 0) is 11.3 Å². The Bertz CT molecular complexity index is 422. The zero-order chi connectivity index (χ0) is 13.2. The zero-order valence-electron chi connectivity index (χ0n) is 11.1. The lowest BCUT2D eigenvalue weighted by atomic mass is 9.81. The first-order valence-corrected chi connectivity index (χ1v) is 6.43. The second-order valence-corrected chi connectivity index (χ2v) is 5.22. The topological polar surface area (TPSA) is 87.9 Å². The number of hydrogen-bond acceptors (Lipinski definition) is 4. The number of nitrogens with two attached hydrogens (primary N) is 1. The molecule has 0 spiro atoms. The highest BCUT2D eigenvalue weighted by molar-refractivity contribution is 5.85. The summed E-state index contributed by atoms with van der Waals surface area (Å²) in [6, 6.07) is 0. The van der Waals surface area contributed by atoms with E-state index in [0.29, 0.717) is 12.4 Å². The van der Waals surface area contributed by atoms with Crippen LogP contribution in [0.15, 0.2) is 0 Å². The summed E-state index contributed by atoms with van der Waals surface area (Å²) in [6.07, 6.45) is 4.81. The highest BCUT2D eigenvalue weighted by Crippen LogP contribution is 2.27. The van der Waals surface area contributed by atoms with E-state index in [9.17, 15) is 4.79 Å². The predicted octanol–water partition coefficient (Wildman–Crippen LogP) is 0.733. The molecule has 6 heteroatoms. The number of aryl methyl sites for hydroxylation is 1. The smallest absolute Gasteiger partial charge is 0.242 e. The molecule has 1 aliphatic rings. The van der Waals surface area contributed by atoms with Crippen LogP contribution in [0.5, 0.6) is 0 Å². The Hall–Kier alpha value is -1.43. The van der Waals surface area contributed by atoms with Gasteiger partial charge in [0.15, 0.2) is 5.82 Å². The minimum absolute atomic E-state index is 0.00431. The van der Waals surface area contributed by atoms with Gasteiger partial charge in [-0.2, -0.15) is 5.10 Å². The van der Waals surface area contributed by atoms with Crippen LogP contribution in [0.2, 0.25) is 0 Å². The number of rotatable bonds is 3. The average Bonchev–Trinajstić information content (AvgIpc) is 2.74. The van der Waals surface area contributed by atoms with Crippen LogP contribution in [0.25, 0.3) is 0 Å². The van der Waals surface area contributed by atoms with Crippen LogP contribution in [0, 0.1) is 6.92 Å². The molecule has 3 N–H and O–H groups in total. The quantitative estimate of drug-likeness (QED) is 0.829. The van der Waals surface area contributed by atoms with Gasteiger partial charge in [-0.1, -0.05) is 19.3 Å². The third-order valence-electron chi connectivity index (χ3n) is 3.54. The van der Waals surface area contributed by atoms with Crippen LogP contribution in [0.3, 0.4) is 0 Å². The second kappa shape index (κ2) is 5.06. The minimum Gasteiger partial charge on any atom is -0.337 e. The molecule has 0 unspecified atom stereocenters. The monoisotopic (exact) mass is 251 g/mol. The first-order chi connectivity index (χ1) is 8.51. The molecule has 2 rings (SSSR count). The van der Waals surface area contributed by atoms with Crippen LogP contribution in [0.1, 0.15) is 43.8 Å². The first kappa shape index (κ1) is 13.0. The summed E-state index contributed by atoms with van der Waals surface area (Å²) < 4.78 is 0. The largest absolute Gasteiger partial charge is 0.337 e. The molecule has 1 amide bonds. The van der Waals surface area contributed by atoms with Gasteiger partial charge >= 0.3 is 0 Å². The lowest BCUT2D eigenvalue weighted by Crippen LogP contribution is -2.55. The van der Waals surface area contributed by atoms with E-state index in [1.807, 2.05) is 6.92 Å². The van der Waals surface area contributed by atoms with Gasteiger partial charge < -0.3 is 10.6 Å². The van der Waals surface area contributed by atoms with E-state index in [1.54, 1.807) is 11.9 Å². The maximum absolute atomic E-state index is 12.4. The van der Waals surface area contributed by atoms with Crippen molar-refractivity contribution in [1.82, 2.24) is 20.1 Å². The van der Waals surface area contributed by atoms with Gasteiger partial charge in [0, 0.05) is 7.05 Å². The number of aromatic nitrogens is 3. The molecule has 1 fully saturated rings. The van der Waals surface area contributed by atoms with Gasteiger partial charge in [-0.25, -0.2) is 4.98 Å². The van der Waals surface area contributed by atoms with Crippen LogP contribution in [0.4, 0.5) is 0 Å². The van der Waals surface area contributed by atoms with Gasteiger partial charge in [0.1, 0.15) is 5.82 Å². The van der Waals surface area contributed by atoms with Gasteiger partial charge in [-0.3, -0.25) is 9.89 Å². The third-order valence-corrected chi connectivity index (χ3v) is 3.54. The summed E-state index contributed by atoms with van der Waals surface area (Å²) in [5.41, 5.74) is 5.54. The number of H-pyrrole nitrogens is 1. The minimum atomic E-state index is -0.682. The number of hydrogen-bond donors (Lipinski definition) is 2. The van der Waals surface area contributed by atoms with E-state index in [4.69, 9.17) is 5.73 Å². The standard InChI is InChI=1S/C12H21N5O/c1-9-14-10(16-15-9)8-17(2)11(18)12(13)6-4-3-5-7-12/h3-8,13H2,1-2H3,(H,14,15,16). The van der Waals surface area contributed by atoms with Crippen molar-refractivity contribution in [1.29, 1.82) is 0 Å². The molecular formula is C12H21N5O. The van der Waals surface area contributed by atoms with Crippen molar-refractivity contribution >= 4 is 5.91 Å². The molecule has 0 aliphatic heterocycles. The third kappa shape index (κ3) is 2.69. The highest BCUT2D eigenvalue weighted by atomic mass is 16.2. The summed E-state index contributed by atoms with van der Waals surface area (Å²) in [4.78, 5) is 18.2. The van der Waals surface area contributed by atoms with Crippen molar-refractivity contribution in [2.45, 2.75) is 51.1 Å². The average molecular weight is 251 g/mol. The number of amides is 1. The molecule has 1 saturated carbocycles. The summed E-state index contributed by atoms with van der Waals surface area (Å²) in [5.74, 6) is 1.39. The molecule has 1 aromatic heterocycles. The van der Waals surface area contributed by atoms with E-state index < -0.39 is 5.54 Å². The molecule has 1 aliphatic carbocycles. The predicted molar refractivity (Wildman–Crippen MR) is 67.6 cm³/mol. The Labute approximate surface area is 107 Å². The Morgan fingerprint density at radius 3 is 2.67 bits per heavy atom. The normalized spacial score (nSPS) is 18.6. The van der Waals surface area contributed by atoms with Crippen molar-refractivity contribution in [3.05, 3.63) is 11.6 Å². The van der Waals surface area contributed by atoms with Crippen molar-refractivity contribution < 1.29 is 4.79 Å². The number of carbonyl (C=O) groups is 1. The summed E-state index contributed by atoms with van der Waals surface area (Å²) in [7, 11) is 1.76. The van der Waals surface area contributed by atoms with E-state index in [0.717, 1.165) is 31.5 Å². The Kier molecular flexibility index (Phi) is 3.65. The maximum Gasteiger partial charge on any atom is 0.242 e. The zero-order valence-corrected chi connectivity index (χ0v) is 11.1. The molecule has 1 heterocycles. The van der Waals surface area contributed by atoms with Crippen molar-refractivity contribution in [2.75, 3.05) is 7.05 Å². The van der Waals surface area contributed by atoms with Crippen molar-refractivity contribution in [2.24, 2.45) is 5.73 Å². The van der Waals surface area contributed by atoms with Gasteiger partial charge in [0.2, 0.25) is 5.91 Å². The summed E-state index contributed by atoms with van der Waals surface area (Å²) >= 11 is 0. The van der Waals surface area contributed by atoms with E-state index in [-0.39, 0.29) is 5.91 Å². The molecule has 0 aromatic carbocycles. The van der Waals surface area contributed by atoms with Gasteiger partial charge in [0.25, 0.3) is 0 Å². The SMILES string of the molecule is Cc1nc(CN(C)C(=O)C2(N)CCCCC2)n[nH]1. The lowest BCUT2D eigenvalue weighted by molar-refractivity contribution is -0.137. The molecule has 18 heavy (non-hydrogen) atoms. The molecule has 1 aromatic rings. The number of carbonyl (C=O) groups excluding carboxylic acids is 1. The molecule has 0 atom stereocenters. The molecule has 0 saturated heterocycles. The van der Waals surface area contributed by atoms with E-state index in [2.05, 4.69) is 15.2 Å². The molecule has 0 bridgehead atoms. The van der Waals surface area contributed by atoms with Crippen LogP contribution >= 0.6 is 0 Å². The number of nitrogens with zero attached hydrogens (tertiary/aromatic N) is 3. The van der Waals surface area contributed by atoms with Gasteiger partial charge in [-0.15, -0.1) is 0 Å². The Morgan fingerprint density at radius 1 is 1.44 bits per heavy atom.